The number of ketones is 1. The first-order chi connectivity index (χ1) is 13.5. The van der Waals surface area contributed by atoms with Gasteiger partial charge in [0.2, 0.25) is 0 Å². The molecule has 0 unspecified atom stereocenters. The average Bonchev–Trinajstić information content (AvgIpc) is 2.62. The van der Waals surface area contributed by atoms with Gasteiger partial charge in [-0.2, -0.15) is 13.2 Å². The second-order valence-corrected chi connectivity index (χ2v) is 8.18. The Morgan fingerprint density at radius 2 is 1.86 bits per heavy atom. The number of aliphatic hydroxyl groups is 1. The van der Waals surface area contributed by atoms with Crippen molar-refractivity contribution in [2.45, 2.75) is 39.8 Å². The molecule has 0 aromatic heterocycles. The Balaban J connectivity index is 2.85. The SMILES string of the molecule is CCOP(=O)(CCCC#Cc1cc(/C(O)=C/C(=O)C(F)(F)F)ccc1C)OCC. The largest absolute Gasteiger partial charge is 0.507 e. The van der Waals surface area contributed by atoms with Crippen LogP contribution in [0.25, 0.3) is 5.76 Å². The van der Waals surface area contributed by atoms with Crippen molar-refractivity contribution < 1.29 is 36.7 Å². The quantitative estimate of drug-likeness (QED) is 0.185. The molecule has 0 aliphatic carbocycles. The van der Waals surface area contributed by atoms with E-state index in [1.807, 2.05) is 0 Å². The van der Waals surface area contributed by atoms with Gasteiger partial charge in [0.1, 0.15) is 5.76 Å². The minimum Gasteiger partial charge on any atom is -0.507 e. The number of aliphatic hydroxyl groups excluding tert-OH is 1. The van der Waals surface area contributed by atoms with Gasteiger partial charge in [-0.1, -0.05) is 24.0 Å². The smallest absolute Gasteiger partial charge is 0.454 e. The van der Waals surface area contributed by atoms with Gasteiger partial charge in [-0.25, -0.2) is 0 Å². The molecule has 0 aliphatic heterocycles. The molecule has 5 nitrogen and oxygen atoms in total. The number of hydrogen-bond donors (Lipinski definition) is 1. The standard InChI is InChI=1S/C20H24F3O5P/c1-4-27-29(26,28-5-2)12-8-6-7-9-16-13-17(11-10-15(16)3)18(24)14-19(25)20(21,22)23/h10-11,13-14,24H,4-6,8,12H2,1-3H3/b18-14-. The fourth-order valence-electron chi connectivity index (χ4n) is 2.28. The molecule has 29 heavy (non-hydrogen) atoms. The van der Waals surface area contributed by atoms with E-state index < -0.39 is 25.3 Å². The van der Waals surface area contributed by atoms with E-state index in [0.29, 0.717) is 18.4 Å². The molecule has 0 fully saturated rings. The number of carbonyl (C=O) groups is 1. The summed E-state index contributed by atoms with van der Waals surface area (Å²) < 4.78 is 59.7. The minimum atomic E-state index is -5.05. The summed E-state index contributed by atoms with van der Waals surface area (Å²) in [6.45, 7) is 5.78. The highest BCUT2D eigenvalue weighted by Gasteiger charge is 2.37. The number of halogens is 3. The van der Waals surface area contributed by atoms with E-state index >= 15 is 0 Å². The van der Waals surface area contributed by atoms with Crippen LogP contribution >= 0.6 is 7.60 Å². The molecular weight excluding hydrogens is 408 g/mol. The maximum atomic E-state index is 12.3. The molecule has 1 aromatic rings. The first-order valence-electron chi connectivity index (χ1n) is 9.02. The molecule has 1 N–H and O–H groups in total. The number of benzene rings is 1. The molecule has 0 saturated carbocycles. The Hall–Kier alpha value is -2.07. The van der Waals surface area contributed by atoms with Crippen LogP contribution in [0.15, 0.2) is 24.3 Å². The molecule has 0 amide bonds. The molecule has 0 spiro atoms. The van der Waals surface area contributed by atoms with Crippen LogP contribution in [0.4, 0.5) is 13.2 Å². The van der Waals surface area contributed by atoms with Gasteiger partial charge in [-0.05, 0) is 38.8 Å². The van der Waals surface area contributed by atoms with Gasteiger partial charge < -0.3 is 14.2 Å². The van der Waals surface area contributed by atoms with E-state index in [-0.39, 0.29) is 31.0 Å². The van der Waals surface area contributed by atoms with Crippen LogP contribution in [0.5, 0.6) is 0 Å². The van der Waals surface area contributed by atoms with Gasteiger partial charge >= 0.3 is 13.8 Å². The number of rotatable bonds is 9. The Morgan fingerprint density at radius 1 is 1.24 bits per heavy atom. The summed E-state index contributed by atoms with van der Waals surface area (Å²) in [5.41, 5.74) is 1.31. The van der Waals surface area contributed by atoms with E-state index in [1.165, 1.54) is 12.1 Å². The summed E-state index contributed by atoms with van der Waals surface area (Å²) >= 11 is 0. The molecule has 0 radical (unpaired) electrons. The van der Waals surface area contributed by atoms with Crippen LogP contribution in [0.1, 0.15) is 43.4 Å². The molecule has 0 bridgehead atoms. The van der Waals surface area contributed by atoms with Gasteiger partial charge in [0.15, 0.2) is 0 Å². The number of unbranched alkanes of at least 4 members (excludes halogenated alkanes) is 1. The fraction of sp³-hybridized carbons (Fsp3) is 0.450. The fourth-order valence-corrected chi connectivity index (χ4v) is 3.95. The third-order valence-electron chi connectivity index (χ3n) is 3.69. The second-order valence-electron chi connectivity index (χ2n) is 6.00. The van der Waals surface area contributed by atoms with Crippen molar-refractivity contribution in [3.8, 4) is 11.8 Å². The van der Waals surface area contributed by atoms with Crippen LogP contribution in [0.2, 0.25) is 0 Å². The van der Waals surface area contributed by atoms with Crippen LogP contribution in [-0.2, 0) is 18.4 Å². The molecule has 160 valence electrons. The van der Waals surface area contributed by atoms with E-state index in [0.717, 1.165) is 5.56 Å². The second kappa shape index (κ2) is 11.2. The predicted molar refractivity (Wildman–Crippen MR) is 105 cm³/mol. The lowest BCUT2D eigenvalue weighted by Gasteiger charge is -2.15. The summed E-state index contributed by atoms with van der Waals surface area (Å²) in [5, 5.41) is 9.80. The number of carbonyl (C=O) groups excluding carboxylic acids is 1. The lowest BCUT2D eigenvalue weighted by molar-refractivity contribution is -0.165. The molecule has 0 atom stereocenters. The van der Waals surface area contributed by atoms with E-state index in [4.69, 9.17) is 9.05 Å². The van der Waals surface area contributed by atoms with Crippen LogP contribution < -0.4 is 0 Å². The van der Waals surface area contributed by atoms with Gasteiger partial charge in [0, 0.05) is 23.6 Å². The zero-order chi connectivity index (χ0) is 22.1. The van der Waals surface area contributed by atoms with Crippen molar-refractivity contribution >= 4 is 19.1 Å². The number of allylic oxidation sites excluding steroid dienone is 1. The Morgan fingerprint density at radius 3 is 2.41 bits per heavy atom. The Labute approximate surface area is 168 Å². The van der Waals surface area contributed by atoms with Crippen molar-refractivity contribution in [1.82, 2.24) is 0 Å². The number of aryl methyl sites for hydroxylation is 1. The van der Waals surface area contributed by atoms with Crippen molar-refractivity contribution in [3.05, 3.63) is 41.0 Å². The molecule has 0 saturated heterocycles. The average molecular weight is 432 g/mol. The lowest BCUT2D eigenvalue weighted by atomic mass is 10.0. The molecule has 0 aliphatic rings. The minimum absolute atomic E-state index is 0.0506. The highest BCUT2D eigenvalue weighted by molar-refractivity contribution is 7.53. The molecule has 1 aromatic carbocycles. The molecule has 9 heteroatoms. The van der Waals surface area contributed by atoms with Crippen LogP contribution in [0, 0.1) is 18.8 Å². The zero-order valence-corrected chi connectivity index (χ0v) is 17.4. The van der Waals surface area contributed by atoms with E-state index in [1.54, 1.807) is 26.8 Å². The number of hydrogen-bond acceptors (Lipinski definition) is 5. The lowest BCUT2D eigenvalue weighted by Crippen LogP contribution is -2.20. The third kappa shape index (κ3) is 8.45. The maximum Gasteiger partial charge on any atom is 0.454 e. The normalized spacial score (nSPS) is 12.4. The Kier molecular flexibility index (Phi) is 9.64. The van der Waals surface area contributed by atoms with Gasteiger partial charge in [-0.3, -0.25) is 9.36 Å². The van der Waals surface area contributed by atoms with E-state index in [9.17, 15) is 27.6 Å². The van der Waals surface area contributed by atoms with Crippen molar-refractivity contribution in [2.24, 2.45) is 0 Å². The van der Waals surface area contributed by atoms with Crippen molar-refractivity contribution in [1.29, 1.82) is 0 Å². The highest BCUT2D eigenvalue weighted by atomic mass is 31.2. The Bertz CT molecular complexity index is 840. The topological polar surface area (TPSA) is 72.8 Å². The van der Waals surface area contributed by atoms with Gasteiger partial charge in [0.25, 0.3) is 5.78 Å². The van der Waals surface area contributed by atoms with Crippen LogP contribution in [-0.4, -0.2) is 36.4 Å². The predicted octanol–water partition coefficient (Wildman–Crippen LogP) is 5.42. The first kappa shape index (κ1) is 25.0. The van der Waals surface area contributed by atoms with Crippen molar-refractivity contribution in [3.63, 3.8) is 0 Å². The zero-order valence-electron chi connectivity index (χ0n) is 16.5. The third-order valence-corrected chi connectivity index (χ3v) is 5.86. The summed E-state index contributed by atoms with van der Waals surface area (Å²) in [7, 11) is -3.12. The highest BCUT2D eigenvalue weighted by Crippen LogP contribution is 2.48. The molecular formula is C20H24F3O5P. The van der Waals surface area contributed by atoms with Gasteiger partial charge in [-0.15, -0.1) is 0 Å². The van der Waals surface area contributed by atoms with Gasteiger partial charge in [0.05, 0.1) is 19.4 Å². The van der Waals surface area contributed by atoms with Crippen LogP contribution in [0.3, 0.4) is 0 Å². The first-order valence-corrected chi connectivity index (χ1v) is 10.7. The monoisotopic (exact) mass is 432 g/mol. The summed E-state index contributed by atoms with van der Waals surface area (Å²) in [6, 6.07) is 4.39. The van der Waals surface area contributed by atoms with Crippen molar-refractivity contribution in [2.75, 3.05) is 19.4 Å². The molecule has 1 rings (SSSR count). The van der Waals surface area contributed by atoms with E-state index in [2.05, 4.69) is 11.8 Å². The number of alkyl halides is 3. The maximum absolute atomic E-state index is 12.3. The summed E-state index contributed by atoms with van der Waals surface area (Å²) in [4.78, 5) is 11.0. The molecule has 0 heterocycles. The summed E-state index contributed by atoms with van der Waals surface area (Å²) in [6.07, 6.45) is -3.80. The summed E-state index contributed by atoms with van der Waals surface area (Å²) in [5.74, 6) is 2.85.